The van der Waals surface area contributed by atoms with Gasteiger partial charge >= 0.3 is 0 Å². The van der Waals surface area contributed by atoms with E-state index in [0.29, 0.717) is 11.6 Å². The van der Waals surface area contributed by atoms with E-state index in [0.717, 1.165) is 11.3 Å². The van der Waals surface area contributed by atoms with Gasteiger partial charge in [0.1, 0.15) is 5.75 Å². The first-order valence-corrected chi connectivity index (χ1v) is 6.07. The molecular formula is C12H12ClN3O3. The van der Waals surface area contributed by atoms with E-state index < -0.39 is 4.92 Å². The highest BCUT2D eigenvalue weighted by atomic mass is 35.5. The van der Waals surface area contributed by atoms with Crippen molar-refractivity contribution in [2.24, 2.45) is 7.05 Å². The Morgan fingerprint density at radius 2 is 2.26 bits per heavy atom. The van der Waals surface area contributed by atoms with Crippen molar-refractivity contribution >= 4 is 17.3 Å². The zero-order valence-electron chi connectivity index (χ0n) is 10.5. The molecule has 0 saturated carbocycles. The van der Waals surface area contributed by atoms with Gasteiger partial charge in [-0.05, 0) is 13.0 Å². The lowest BCUT2D eigenvalue weighted by Crippen LogP contribution is -1.97. The third-order valence-corrected chi connectivity index (χ3v) is 2.93. The van der Waals surface area contributed by atoms with Crippen LogP contribution in [0.25, 0.3) is 0 Å². The highest BCUT2D eigenvalue weighted by molar-refractivity contribution is 6.17. The lowest BCUT2D eigenvalue weighted by Gasteiger charge is -2.07. The third-order valence-electron chi connectivity index (χ3n) is 2.67. The predicted molar refractivity (Wildman–Crippen MR) is 70.7 cm³/mol. The molecule has 1 heterocycles. The summed E-state index contributed by atoms with van der Waals surface area (Å²) in [5.74, 6) is 1.14. The molecule has 0 aliphatic heterocycles. The first-order valence-electron chi connectivity index (χ1n) is 5.53. The molecule has 0 spiro atoms. The van der Waals surface area contributed by atoms with Gasteiger partial charge in [0, 0.05) is 13.1 Å². The van der Waals surface area contributed by atoms with Gasteiger partial charge in [-0.2, -0.15) is 5.10 Å². The van der Waals surface area contributed by atoms with Crippen LogP contribution in [0.2, 0.25) is 0 Å². The first kappa shape index (κ1) is 13.4. The number of nitro groups is 1. The number of alkyl halides is 1. The van der Waals surface area contributed by atoms with Crippen LogP contribution < -0.4 is 4.74 Å². The minimum absolute atomic E-state index is 0.0242. The van der Waals surface area contributed by atoms with Gasteiger partial charge in [0.05, 0.1) is 28.1 Å². The third kappa shape index (κ3) is 2.68. The second-order valence-corrected chi connectivity index (χ2v) is 4.25. The van der Waals surface area contributed by atoms with Crippen LogP contribution in [-0.2, 0) is 12.9 Å². The fourth-order valence-corrected chi connectivity index (χ4v) is 2.04. The smallest absolute Gasteiger partial charge is 0.273 e. The summed E-state index contributed by atoms with van der Waals surface area (Å²) in [4.78, 5) is 10.2. The maximum Gasteiger partial charge on any atom is 0.273 e. The van der Waals surface area contributed by atoms with Crippen LogP contribution in [0.1, 0.15) is 11.3 Å². The molecule has 2 rings (SSSR count). The second-order valence-electron chi connectivity index (χ2n) is 3.98. The second kappa shape index (κ2) is 5.27. The normalized spacial score (nSPS) is 10.5. The standard InChI is InChI=1S/C12H12ClN3O3/c1-8-11(7-13)12(15(2)14-8)19-10-5-3-4-9(6-10)16(17)18/h3-6H,7H2,1-2H3. The number of aryl methyl sites for hydroxylation is 2. The molecule has 0 atom stereocenters. The molecule has 19 heavy (non-hydrogen) atoms. The van der Waals surface area contributed by atoms with E-state index >= 15 is 0 Å². The topological polar surface area (TPSA) is 70.2 Å². The number of ether oxygens (including phenoxy) is 1. The molecule has 7 heteroatoms. The number of nitro benzene ring substituents is 1. The van der Waals surface area contributed by atoms with E-state index in [1.54, 1.807) is 23.9 Å². The van der Waals surface area contributed by atoms with E-state index in [-0.39, 0.29) is 11.6 Å². The number of rotatable bonds is 4. The van der Waals surface area contributed by atoms with Crippen LogP contribution in [-0.4, -0.2) is 14.7 Å². The molecule has 0 radical (unpaired) electrons. The Morgan fingerprint density at radius 3 is 2.89 bits per heavy atom. The number of hydrogen-bond donors (Lipinski definition) is 0. The van der Waals surface area contributed by atoms with Crippen molar-refractivity contribution in [3.05, 3.63) is 45.6 Å². The molecule has 0 amide bonds. The molecule has 2 aromatic rings. The molecule has 0 N–H and O–H groups in total. The van der Waals surface area contributed by atoms with Crippen molar-refractivity contribution in [2.45, 2.75) is 12.8 Å². The van der Waals surface area contributed by atoms with Crippen molar-refractivity contribution in [2.75, 3.05) is 0 Å². The minimum Gasteiger partial charge on any atom is -0.439 e. The summed E-state index contributed by atoms with van der Waals surface area (Å²) in [6, 6.07) is 5.98. The Kier molecular flexibility index (Phi) is 3.71. The first-order chi connectivity index (χ1) is 9.02. The fraction of sp³-hybridized carbons (Fsp3) is 0.250. The average molecular weight is 282 g/mol. The van der Waals surface area contributed by atoms with E-state index in [1.165, 1.54) is 12.1 Å². The quantitative estimate of drug-likeness (QED) is 0.490. The fourth-order valence-electron chi connectivity index (χ4n) is 1.73. The monoisotopic (exact) mass is 281 g/mol. The molecule has 0 fully saturated rings. The molecular weight excluding hydrogens is 270 g/mol. The minimum atomic E-state index is -0.468. The number of aromatic nitrogens is 2. The summed E-state index contributed by atoms with van der Waals surface area (Å²) in [5, 5.41) is 14.9. The van der Waals surface area contributed by atoms with E-state index in [4.69, 9.17) is 16.3 Å². The maximum atomic E-state index is 10.7. The molecule has 0 saturated heterocycles. The van der Waals surface area contributed by atoms with Crippen molar-refractivity contribution < 1.29 is 9.66 Å². The van der Waals surface area contributed by atoms with Gasteiger partial charge in [-0.1, -0.05) is 6.07 Å². The van der Waals surface area contributed by atoms with Gasteiger partial charge in [0.15, 0.2) is 0 Å². The zero-order valence-corrected chi connectivity index (χ0v) is 11.2. The van der Waals surface area contributed by atoms with Crippen LogP contribution >= 0.6 is 11.6 Å². The zero-order chi connectivity index (χ0) is 14.0. The Labute approximate surface area is 114 Å². The molecule has 6 nitrogen and oxygen atoms in total. The lowest BCUT2D eigenvalue weighted by atomic mass is 10.3. The van der Waals surface area contributed by atoms with E-state index in [1.807, 2.05) is 6.92 Å². The molecule has 0 aliphatic rings. The molecule has 1 aromatic heterocycles. The van der Waals surface area contributed by atoms with Crippen molar-refractivity contribution in [3.8, 4) is 11.6 Å². The van der Waals surface area contributed by atoms with Crippen LogP contribution in [0.15, 0.2) is 24.3 Å². The summed E-state index contributed by atoms with van der Waals surface area (Å²) < 4.78 is 7.22. The van der Waals surface area contributed by atoms with Crippen LogP contribution in [0.5, 0.6) is 11.6 Å². The number of nitrogens with zero attached hydrogens (tertiary/aromatic N) is 3. The van der Waals surface area contributed by atoms with Gasteiger partial charge in [0.2, 0.25) is 5.88 Å². The molecule has 100 valence electrons. The van der Waals surface area contributed by atoms with Gasteiger partial charge in [-0.15, -0.1) is 11.6 Å². The van der Waals surface area contributed by atoms with Crippen molar-refractivity contribution in [1.29, 1.82) is 0 Å². The summed E-state index contributed by atoms with van der Waals surface area (Å²) >= 11 is 5.86. The molecule has 1 aromatic carbocycles. The summed E-state index contributed by atoms with van der Waals surface area (Å²) in [6.07, 6.45) is 0. The Bertz CT molecular complexity index is 625. The van der Waals surface area contributed by atoms with Crippen molar-refractivity contribution in [3.63, 3.8) is 0 Å². The molecule has 0 bridgehead atoms. The highest BCUT2D eigenvalue weighted by Gasteiger charge is 2.15. The Morgan fingerprint density at radius 1 is 1.53 bits per heavy atom. The van der Waals surface area contributed by atoms with Crippen molar-refractivity contribution in [1.82, 2.24) is 9.78 Å². The number of halogens is 1. The lowest BCUT2D eigenvalue weighted by molar-refractivity contribution is -0.384. The number of benzene rings is 1. The van der Waals surface area contributed by atoms with Gasteiger partial charge in [0.25, 0.3) is 5.69 Å². The van der Waals surface area contributed by atoms with E-state index in [9.17, 15) is 10.1 Å². The van der Waals surface area contributed by atoms with Crippen LogP contribution in [0.4, 0.5) is 5.69 Å². The summed E-state index contributed by atoms with van der Waals surface area (Å²) in [6.45, 7) is 1.83. The van der Waals surface area contributed by atoms with E-state index in [2.05, 4.69) is 5.10 Å². The van der Waals surface area contributed by atoms with Gasteiger partial charge < -0.3 is 4.74 Å². The summed E-state index contributed by atoms with van der Waals surface area (Å²) in [5.41, 5.74) is 1.53. The van der Waals surface area contributed by atoms with Crippen LogP contribution in [0.3, 0.4) is 0 Å². The van der Waals surface area contributed by atoms with Gasteiger partial charge in [-0.3, -0.25) is 10.1 Å². The Hall–Kier alpha value is -2.08. The SMILES string of the molecule is Cc1nn(C)c(Oc2cccc([N+](=O)[O-])c2)c1CCl. The average Bonchev–Trinajstić information content (AvgIpc) is 2.64. The number of hydrogen-bond acceptors (Lipinski definition) is 4. The predicted octanol–water partition coefficient (Wildman–Crippen LogP) is 3.17. The largest absolute Gasteiger partial charge is 0.439 e. The maximum absolute atomic E-state index is 10.7. The highest BCUT2D eigenvalue weighted by Crippen LogP contribution is 2.30. The number of non-ortho nitro benzene ring substituents is 1. The van der Waals surface area contributed by atoms with Gasteiger partial charge in [-0.25, -0.2) is 4.68 Å². The molecule has 0 aliphatic carbocycles. The van der Waals surface area contributed by atoms with Crippen LogP contribution in [0, 0.1) is 17.0 Å². The summed E-state index contributed by atoms with van der Waals surface area (Å²) in [7, 11) is 1.73. The molecule has 0 unspecified atom stereocenters. The Balaban J connectivity index is 2.36.